The summed E-state index contributed by atoms with van der Waals surface area (Å²) in [5.74, 6) is 0. The molecule has 1 fully saturated rings. The van der Waals surface area contributed by atoms with E-state index in [-0.39, 0.29) is 38.1 Å². The van der Waals surface area contributed by atoms with E-state index in [4.69, 9.17) is 27.9 Å². The fraction of sp³-hybridized carbons (Fsp3) is 0.647. The summed E-state index contributed by atoms with van der Waals surface area (Å²) in [5.41, 5.74) is 0. The van der Waals surface area contributed by atoms with E-state index in [1.165, 1.54) is 32.1 Å². The van der Waals surface area contributed by atoms with Crippen LogP contribution in [0, 0.1) is 39.9 Å². The molecule has 0 aromatic rings. The quantitative estimate of drug-likeness (QED) is 0.202. The van der Waals surface area contributed by atoms with Crippen LogP contribution in [0.1, 0.15) is 59.8 Å². The van der Waals surface area contributed by atoms with E-state index in [1.54, 1.807) is 0 Å². The maximum absolute atomic E-state index is 7.50. The van der Waals surface area contributed by atoms with Crippen molar-refractivity contribution < 1.29 is 66.0 Å². The zero-order valence-electron chi connectivity index (χ0n) is 15.9. The summed E-state index contributed by atoms with van der Waals surface area (Å²) in [6.45, 7) is 35.8. The predicted octanol–water partition coefficient (Wildman–Crippen LogP) is 3.62. The first kappa shape index (κ1) is 56.3. The van der Waals surface area contributed by atoms with Gasteiger partial charge in [0.25, 0.3) is 0 Å². The molecule has 7 nitrogen and oxygen atoms in total. The van der Waals surface area contributed by atoms with Gasteiger partial charge in [0, 0.05) is 50.2 Å². The molecule has 154 valence electrons. The zero-order chi connectivity index (χ0) is 22.3. The van der Waals surface area contributed by atoms with Gasteiger partial charge in [0.1, 0.15) is 0 Å². The smallest absolute Gasteiger partial charge is 0 e. The van der Waals surface area contributed by atoms with Crippen molar-refractivity contribution in [3.63, 3.8) is 0 Å². The molecule has 0 radical (unpaired) electrons. The van der Waals surface area contributed by atoms with Crippen LogP contribution in [0.25, 0.3) is 0 Å². The molecule has 0 bridgehead atoms. The Morgan fingerprint density at radius 1 is 0.556 bits per heavy atom. The molecule has 0 aromatic heterocycles. The predicted molar refractivity (Wildman–Crippen MR) is 88.5 cm³/mol. The van der Waals surface area contributed by atoms with Crippen LogP contribution in [-0.2, 0) is 66.0 Å². The van der Waals surface area contributed by atoms with Gasteiger partial charge >= 0.3 is 67.8 Å². The summed E-state index contributed by atoms with van der Waals surface area (Å²) in [6, 6.07) is 1.28. The monoisotopic (exact) mass is 611 g/mol. The molecular formula is C17H26FeNO6PW. The number of rotatable bonds is 2. The maximum Gasteiger partial charge on any atom is 0 e. The summed E-state index contributed by atoms with van der Waals surface area (Å²) in [6.07, 6.45) is 7.50. The zero-order valence-corrected chi connectivity index (χ0v) is 21.1. The Bertz CT molecular complexity index is 265. The molecule has 1 aliphatic carbocycles. The second kappa shape index (κ2) is 82.8. The van der Waals surface area contributed by atoms with Crippen molar-refractivity contribution >= 4 is 9.39 Å². The van der Waals surface area contributed by atoms with Crippen LogP contribution in [0.2, 0.25) is 0 Å². The molecule has 27 heavy (non-hydrogen) atoms. The van der Waals surface area contributed by atoms with Gasteiger partial charge in [-0.1, -0.05) is 41.5 Å². The normalized spacial score (nSPS) is 8.44. The maximum atomic E-state index is 7.50. The molecule has 1 saturated carbocycles. The first-order valence-electron chi connectivity index (χ1n) is 6.81. The summed E-state index contributed by atoms with van der Waals surface area (Å²) in [7, 11) is 2.72. The van der Waals surface area contributed by atoms with Crippen LogP contribution < -0.4 is 0 Å². The van der Waals surface area contributed by atoms with Crippen molar-refractivity contribution in [2.75, 3.05) is 0 Å². The number of hydrogen-bond acceptors (Lipinski definition) is 1. The van der Waals surface area contributed by atoms with Crippen molar-refractivity contribution in [1.82, 2.24) is 4.67 Å². The molecule has 1 atom stereocenters. The van der Waals surface area contributed by atoms with Crippen molar-refractivity contribution in [1.29, 1.82) is 0 Å². The Hall–Kier alpha value is 0.0378. The van der Waals surface area contributed by atoms with Crippen molar-refractivity contribution in [2.45, 2.75) is 71.9 Å². The van der Waals surface area contributed by atoms with Gasteiger partial charge in [-0.15, -0.1) is 0 Å². The van der Waals surface area contributed by atoms with E-state index in [1.807, 2.05) is 0 Å². The van der Waals surface area contributed by atoms with Gasteiger partial charge in [0.2, 0.25) is 0 Å². The van der Waals surface area contributed by atoms with Crippen molar-refractivity contribution in [3.8, 4) is 0 Å². The summed E-state index contributed by atoms with van der Waals surface area (Å²) < 4.78 is 47.2. The van der Waals surface area contributed by atoms with E-state index in [0.29, 0.717) is 12.1 Å². The van der Waals surface area contributed by atoms with Gasteiger partial charge < -0.3 is 0 Å². The van der Waals surface area contributed by atoms with Crippen LogP contribution in [0.3, 0.4) is 0 Å². The number of hydrogen-bond donors (Lipinski definition) is 0. The molecule has 0 heterocycles. The SMILES string of the molecule is C1CCCC1.CC(C)N(P)C(C)C.[C-]#[O+].[C-]#[O+].[C-]#[O+].[C-]#[O+].[C-]#[O+].[C-]#[O+].[Fe].[W]. The van der Waals surface area contributed by atoms with Crippen molar-refractivity contribution in [2.24, 2.45) is 0 Å². The minimum Gasteiger partial charge on any atom is 0 e. The Labute approximate surface area is 191 Å². The van der Waals surface area contributed by atoms with Crippen LogP contribution >= 0.6 is 9.39 Å². The van der Waals surface area contributed by atoms with Gasteiger partial charge in [-0.05, 0) is 27.7 Å². The molecule has 0 aliphatic heterocycles. The number of nitrogens with zero attached hydrogens (tertiary/aromatic N) is 1. The molecule has 0 saturated heterocycles. The van der Waals surface area contributed by atoms with E-state index < -0.39 is 0 Å². The van der Waals surface area contributed by atoms with E-state index >= 15 is 0 Å². The molecule has 0 spiro atoms. The Balaban J connectivity index is -0.0000000215. The molecular weight excluding hydrogens is 585 g/mol. The third kappa shape index (κ3) is 88.5. The van der Waals surface area contributed by atoms with E-state index in [0.717, 1.165) is 0 Å². The Morgan fingerprint density at radius 2 is 0.667 bits per heavy atom. The fourth-order valence-corrected chi connectivity index (χ4v) is 1.48. The molecule has 0 aromatic carbocycles. The molecule has 1 unspecified atom stereocenters. The van der Waals surface area contributed by atoms with E-state index in [2.05, 4.69) is 81.7 Å². The van der Waals surface area contributed by atoms with Crippen molar-refractivity contribution in [3.05, 3.63) is 39.9 Å². The molecule has 0 amide bonds. The summed E-state index contributed by atoms with van der Waals surface area (Å²) in [5, 5.41) is 0. The molecule has 0 N–H and O–H groups in total. The van der Waals surface area contributed by atoms with Gasteiger partial charge in [-0.3, -0.25) is 4.67 Å². The first-order chi connectivity index (χ1) is 12.1. The van der Waals surface area contributed by atoms with Gasteiger partial charge in [-0.25, -0.2) is 0 Å². The van der Waals surface area contributed by atoms with Gasteiger partial charge in [-0.2, -0.15) is 0 Å². The van der Waals surface area contributed by atoms with Crippen LogP contribution in [0.15, 0.2) is 0 Å². The average molecular weight is 611 g/mol. The fourth-order valence-electron chi connectivity index (χ4n) is 1.48. The average Bonchev–Trinajstić information content (AvgIpc) is 3.30. The second-order valence-corrected chi connectivity index (χ2v) is 5.00. The van der Waals surface area contributed by atoms with E-state index in [9.17, 15) is 0 Å². The van der Waals surface area contributed by atoms with Gasteiger partial charge in [0.15, 0.2) is 0 Å². The largest absolute Gasteiger partial charge is 0 e. The molecule has 10 heteroatoms. The second-order valence-electron chi connectivity index (χ2n) is 4.40. The third-order valence-electron chi connectivity index (χ3n) is 2.44. The third-order valence-corrected chi connectivity index (χ3v) is 3.64. The van der Waals surface area contributed by atoms with Crippen LogP contribution in [0.4, 0.5) is 0 Å². The van der Waals surface area contributed by atoms with Gasteiger partial charge in [0.05, 0.1) is 0 Å². The summed E-state index contributed by atoms with van der Waals surface area (Å²) >= 11 is 0. The minimum absolute atomic E-state index is 0. The topological polar surface area (TPSA) is 123 Å². The van der Waals surface area contributed by atoms with Crippen LogP contribution in [0.5, 0.6) is 0 Å². The first-order valence-corrected chi connectivity index (χ1v) is 7.33. The minimum atomic E-state index is 0. The molecule has 1 rings (SSSR count). The molecule has 1 aliphatic rings. The Kier molecular flexibility index (Phi) is 173. The van der Waals surface area contributed by atoms with Crippen LogP contribution in [-0.4, -0.2) is 16.8 Å². The summed E-state index contributed by atoms with van der Waals surface area (Å²) in [4.78, 5) is 0. The Morgan fingerprint density at radius 3 is 0.704 bits per heavy atom. The standard InChI is InChI=1S/C6H16NP.C5H10.6CO.Fe.W/c1-5(2)7(8)6(3)4;1-2-4-5-3-1;6*1-2;;/h5-6H,8H2,1-4H3;1-5H2;;;;;;;;.